The molecule has 2 aliphatic rings. The van der Waals surface area contributed by atoms with Crippen molar-refractivity contribution in [1.82, 2.24) is 15.1 Å². The Bertz CT molecular complexity index is 1020. The summed E-state index contributed by atoms with van der Waals surface area (Å²) in [5, 5.41) is 8.02. The standard InChI is InChI=1S/C26H36N4O2/c1-17-12-18(2)14-20(13-17)30-23(31)21-15-22(25(3,4)5)28-29(21)16-26(30,6)24(32)27-19-10-8-7-9-11-19/h12-15,19H,7-11,16H2,1-6H3,(H,27,32). The summed E-state index contributed by atoms with van der Waals surface area (Å²) in [6.45, 7) is 12.5. The number of hydrogen-bond donors (Lipinski definition) is 1. The Morgan fingerprint density at radius 1 is 1.06 bits per heavy atom. The SMILES string of the molecule is Cc1cc(C)cc(N2C(=O)c3cc(C(C)(C)C)nn3CC2(C)C(=O)NC2CCCCC2)c1. The molecule has 6 heteroatoms. The highest BCUT2D eigenvalue weighted by Gasteiger charge is 2.49. The molecule has 1 unspecified atom stereocenters. The van der Waals surface area contributed by atoms with Crippen LogP contribution in [0.2, 0.25) is 0 Å². The molecule has 0 bridgehead atoms. The van der Waals surface area contributed by atoms with Gasteiger partial charge in [-0.15, -0.1) is 0 Å². The van der Waals surface area contributed by atoms with E-state index in [4.69, 9.17) is 5.10 Å². The summed E-state index contributed by atoms with van der Waals surface area (Å²) in [5.74, 6) is -0.277. The van der Waals surface area contributed by atoms with Crippen LogP contribution in [0.15, 0.2) is 24.3 Å². The van der Waals surface area contributed by atoms with Crippen LogP contribution < -0.4 is 10.2 Å². The van der Waals surface area contributed by atoms with E-state index in [2.05, 4.69) is 32.2 Å². The van der Waals surface area contributed by atoms with E-state index in [1.807, 2.05) is 39.0 Å². The molecular formula is C26H36N4O2. The molecule has 4 rings (SSSR count). The third-order valence-electron chi connectivity index (χ3n) is 6.82. The number of hydrogen-bond acceptors (Lipinski definition) is 3. The summed E-state index contributed by atoms with van der Waals surface area (Å²) in [5.41, 5.74) is 3.04. The van der Waals surface area contributed by atoms with Crippen molar-refractivity contribution in [2.75, 3.05) is 4.90 Å². The predicted molar refractivity (Wildman–Crippen MR) is 127 cm³/mol. The van der Waals surface area contributed by atoms with Crippen molar-refractivity contribution in [2.24, 2.45) is 0 Å². The zero-order valence-corrected chi connectivity index (χ0v) is 20.3. The minimum absolute atomic E-state index is 0.102. The van der Waals surface area contributed by atoms with Gasteiger partial charge in [0, 0.05) is 17.1 Å². The van der Waals surface area contributed by atoms with Gasteiger partial charge in [0.25, 0.3) is 5.91 Å². The van der Waals surface area contributed by atoms with Gasteiger partial charge in [0.1, 0.15) is 11.2 Å². The summed E-state index contributed by atoms with van der Waals surface area (Å²) in [4.78, 5) is 29.3. The summed E-state index contributed by atoms with van der Waals surface area (Å²) < 4.78 is 1.74. The highest BCUT2D eigenvalue weighted by Crippen LogP contribution is 2.35. The van der Waals surface area contributed by atoms with Gasteiger partial charge in [0.2, 0.25) is 5.91 Å². The average Bonchev–Trinajstić information content (AvgIpc) is 3.12. The Labute approximate surface area is 191 Å². The van der Waals surface area contributed by atoms with Gasteiger partial charge in [-0.25, -0.2) is 0 Å². The van der Waals surface area contributed by atoms with Gasteiger partial charge in [0.05, 0.1) is 12.2 Å². The molecule has 1 N–H and O–H groups in total. The molecule has 2 aromatic rings. The Balaban J connectivity index is 1.79. The van der Waals surface area contributed by atoms with Crippen molar-refractivity contribution in [1.29, 1.82) is 0 Å². The first-order chi connectivity index (χ1) is 15.0. The minimum Gasteiger partial charge on any atom is -0.351 e. The van der Waals surface area contributed by atoms with Gasteiger partial charge in [0.15, 0.2) is 0 Å². The molecule has 1 atom stereocenters. The number of benzene rings is 1. The van der Waals surface area contributed by atoms with Crippen molar-refractivity contribution in [2.45, 2.75) is 97.2 Å². The molecule has 1 saturated carbocycles. The van der Waals surface area contributed by atoms with E-state index in [-0.39, 0.29) is 23.3 Å². The molecule has 0 spiro atoms. The lowest BCUT2D eigenvalue weighted by Crippen LogP contribution is -2.65. The van der Waals surface area contributed by atoms with Crippen LogP contribution in [0.5, 0.6) is 0 Å². The van der Waals surface area contributed by atoms with Crippen molar-refractivity contribution >= 4 is 17.5 Å². The molecule has 1 aliphatic heterocycles. The van der Waals surface area contributed by atoms with Crippen LogP contribution in [0, 0.1) is 13.8 Å². The molecule has 0 radical (unpaired) electrons. The second kappa shape index (κ2) is 8.05. The van der Waals surface area contributed by atoms with Crippen molar-refractivity contribution in [3.05, 3.63) is 46.8 Å². The number of fused-ring (bicyclic) bond motifs is 1. The van der Waals surface area contributed by atoms with Crippen LogP contribution in [0.4, 0.5) is 5.69 Å². The smallest absolute Gasteiger partial charge is 0.277 e. The summed E-state index contributed by atoms with van der Waals surface area (Å²) >= 11 is 0. The molecular weight excluding hydrogens is 400 g/mol. The minimum atomic E-state index is -1.07. The fourth-order valence-electron chi connectivity index (χ4n) is 5.02. The van der Waals surface area contributed by atoms with Gasteiger partial charge < -0.3 is 5.32 Å². The largest absolute Gasteiger partial charge is 0.351 e. The van der Waals surface area contributed by atoms with Crippen LogP contribution in [-0.4, -0.2) is 33.2 Å². The van der Waals surface area contributed by atoms with Crippen molar-refractivity contribution < 1.29 is 9.59 Å². The van der Waals surface area contributed by atoms with E-state index in [0.29, 0.717) is 12.2 Å². The molecule has 172 valence electrons. The first-order valence-corrected chi connectivity index (χ1v) is 11.8. The Hall–Kier alpha value is -2.63. The van der Waals surface area contributed by atoms with Gasteiger partial charge >= 0.3 is 0 Å². The van der Waals surface area contributed by atoms with Crippen LogP contribution in [0.25, 0.3) is 0 Å². The monoisotopic (exact) mass is 436 g/mol. The quantitative estimate of drug-likeness (QED) is 0.761. The highest BCUT2D eigenvalue weighted by molar-refractivity contribution is 6.12. The molecule has 1 aromatic carbocycles. The van der Waals surface area contributed by atoms with E-state index >= 15 is 0 Å². The predicted octanol–water partition coefficient (Wildman–Crippen LogP) is 4.67. The Kier molecular flexibility index (Phi) is 5.68. The lowest BCUT2D eigenvalue weighted by molar-refractivity contribution is -0.127. The third kappa shape index (κ3) is 4.07. The molecule has 1 aliphatic carbocycles. The number of aromatic nitrogens is 2. The number of aryl methyl sites for hydroxylation is 2. The van der Waals surface area contributed by atoms with Crippen LogP contribution in [-0.2, 0) is 16.8 Å². The van der Waals surface area contributed by atoms with Gasteiger partial charge in [-0.1, -0.05) is 46.1 Å². The normalized spacial score (nSPS) is 22.1. The van der Waals surface area contributed by atoms with Gasteiger partial charge in [-0.3, -0.25) is 19.2 Å². The summed E-state index contributed by atoms with van der Waals surface area (Å²) in [7, 11) is 0. The van der Waals surface area contributed by atoms with Crippen LogP contribution in [0.3, 0.4) is 0 Å². The van der Waals surface area contributed by atoms with E-state index in [0.717, 1.165) is 48.2 Å². The lowest BCUT2D eigenvalue weighted by atomic mass is 9.90. The Morgan fingerprint density at radius 2 is 1.69 bits per heavy atom. The van der Waals surface area contributed by atoms with E-state index in [1.54, 1.807) is 9.58 Å². The van der Waals surface area contributed by atoms with Gasteiger partial charge in [-0.05, 0) is 62.9 Å². The number of anilines is 1. The van der Waals surface area contributed by atoms with Gasteiger partial charge in [-0.2, -0.15) is 5.10 Å². The second-order valence-electron chi connectivity index (χ2n) is 10.9. The maximum Gasteiger partial charge on any atom is 0.277 e. The number of nitrogens with one attached hydrogen (secondary N) is 1. The van der Waals surface area contributed by atoms with Crippen molar-refractivity contribution in [3.8, 4) is 0 Å². The fraction of sp³-hybridized carbons (Fsp3) is 0.577. The number of carbonyl (C=O) groups is 2. The number of carbonyl (C=O) groups excluding carboxylic acids is 2. The molecule has 0 saturated heterocycles. The second-order valence-corrected chi connectivity index (χ2v) is 10.9. The van der Waals surface area contributed by atoms with E-state index < -0.39 is 5.54 Å². The lowest BCUT2D eigenvalue weighted by Gasteiger charge is -2.44. The molecule has 6 nitrogen and oxygen atoms in total. The molecule has 2 heterocycles. The number of rotatable bonds is 3. The van der Waals surface area contributed by atoms with E-state index in [9.17, 15) is 9.59 Å². The molecule has 2 amide bonds. The third-order valence-corrected chi connectivity index (χ3v) is 6.82. The first kappa shape index (κ1) is 22.6. The first-order valence-electron chi connectivity index (χ1n) is 11.8. The number of nitrogens with zero attached hydrogens (tertiary/aromatic N) is 3. The summed E-state index contributed by atoms with van der Waals surface area (Å²) in [6, 6.07) is 8.13. The van der Waals surface area contributed by atoms with Crippen LogP contribution >= 0.6 is 0 Å². The Morgan fingerprint density at radius 3 is 2.28 bits per heavy atom. The molecule has 32 heavy (non-hydrogen) atoms. The van der Waals surface area contributed by atoms with Crippen molar-refractivity contribution in [3.63, 3.8) is 0 Å². The summed E-state index contributed by atoms with van der Waals surface area (Å²) in [6.07, 6.45) is 5.50. The topological polar surface area (TPSA) is 67.2 Å². The maximum absolute atomic E-state index is 13.9. The zero-order chi connectivity index (χ0) is 23.3. The number of amides is 2. The fourth-order valence-corrected chi connectivity index (χ4v) is 5.02. The molecule has 1 aromatic heterocycles. The average molecular weight is 437 g/mol. The molecule has 1 fully saturated rings. The highest BCUT2D eigenvalue weighted by atomic mass is 16.2. The van der Waals surface area contributed by atoms with E-state index in [1.165, 1.54) is 6.42 Å². The maximum atomic E-state index is 13.9. The zero-order valence-electron chi connectivity index (χ0n) is 20.3. The van der Waals surface area contributed by atoms with Crippen LogP contribution in [0.1, 0.15) is 87.1 Å².